The molecule has 1 aliphatic rings. The third-order valence-electron chi connectivity index (χ3n) is 2.52. The van der Waals surface area contributed by atoms with Crippen LogP contribution in [-0.4, -0.2) is 39.3 Å². The van der Waals surface area contributed by atoms with Crippen molar-refractivity contribution in [3.05, 3.63) is 12.2 Å². The summed E-state index contributed by atoms with van der Waals surface area (Å²) in [6.45, 7) is 5.62. The van der Waals surface area contributed by atoms with Crippen LogP contribution in [-0.2, 0) is 7.05 Å². The summed E-state index contributed by atoms with van der Waals surface area (Å²) in [5.74, 6) is 1.73. The van der Waals surface area contributed by atoms with E-state index in [1.165, 1.54) is 0 Å². The fraction of sp³-hybridized carbons (Fsp3) is 0.750. The molecule has 0 radical (unpaired) electrons. The Morgan fingerprint density at radius 2 is 2.33 bits per heavy atom. The van der Waals surface area contributed by atoms with Gasteiger partial charge in [0.2, 0.25) is 0 Å². The van der Waals surface area contributed by atoms with Crippen molar-refractivity contribution in [1.29, 1.82) is 0 Å². The van der Waals surface area contributed by atoms with Crippen LogP contribution in [0.15, 0.2) is 6.33 Å². The molecule has 0 amide bonds. The molecule has 0 unspecified atom stereocenters. The maximum atomic E-state index is 4.23. The van der Waals surface area contributed by atoms with E-state index in [1.807, 2.05) is 11.7 Å². The van der Waals surface area contributed by atoms with Crippen molar-refractivity contribution in [3.8, 4) is 0 Å². The van der Waals surface area contributed by atoms with Crippen LogP contribution in [0.3, 0.4) is 0 Å². The first-order valence-corrected chi connectivity index (χ1v) is 4.37. The summed E-state index contributed by atoms with van der Waals surface area (Å²) < 4.78 is 1.87. The lowest BCUT2D eigenvalue weighted by Gasteiger charge is -2.37. The van der Waals surface area contributed by atoms with Gasteiger partial charge in [0.25, 0.3) is 0 Å². The second-order valence-electron chi connectivity index (χ2n) is 3.29. The third kappa shape index (κ3) is 1.12. The molecule has 1 aliphatic heterocycles. The molecule has 0 spiro atoms. The molecule has 0 aliphatic carbocycles. The van der Waals surface area contributed by atoms with Crippen LogP contribution in [0.4, 0.5) is 0 Å². The lowest BCUT2D eigenvalue weighted by molar-refractivity contribution is 0.149. The molecule has 2 heterocycles. The zero-order valence-electron chi connectivity index (χ0n) is 7.56. The fourth-order valence-electron chi connectivity index (χ4n) is 1.67. The summed E-state index contributed by atoms with van der Waals surface area (Å²) in [6, 6.07) is 0. The van der Waals surface area contributed by atoms with Gasteiger partial charge in [0.05, 0.1) is 0 Å². The quantitative estimate of drug-likeness (QED) is 0.631. The first-order chi connectivity index (χ1) is 5.81. The highest BCUT2D eigenvalue weighted by Crippen LogP contribution is 2.23. The molecular formula is C8H14N4. The topological polar surface area (TPSA) is 34.0 Å². The summed E-state index contributed by atoms with van der Waals surface area (Å²) in [6.07, 6.45) is 1.63. The van der Waals surface area contributed by atoms with Crippen molar-refractivity contribution < 1.29 is 0 Å². The van der Waals surface area contributed by atoms with Gasteiger partial charge in [-0.15, -0.1) is 0 Å². The average molecular weight is 166 g/mol. The minimum Gasteiger partial charge on any atom is -0.302 e. The maximum Gasteiger partial charge on any atom is 0.138 e. The minimum absolute atomic E-state index is 0.609. The molecule has 66 valence electrons. The van der Waals surface area contributed by atoms with Gasteiger partial charge in [-0.3, -0.25) is 4.68 Å². The van der Waals surface area contributed by atoms with E-state index in [9.17, 15) is 0 Å². The molecule has 2 rings (SSSR count). The molecule has 0 N–H and O–H groups in total. The van der Waals surface area contributed by atoms with E-state index in [1.54, 1.807) is 6.33 Å². The van der Waals surface area contributed by atoms with Gasteiger partial charge in [-0.1, -0.05) is 6.92 Å². The second-order valence-corrected chi connectivity index (χ2v) is 3.29. The van der Waals surface area contributed by atoms with Gasteiger partial charge in [-0.25, -0.2) is 4.98 Å². The lowest BCUT2D eigenvalue weighted by atomic mass is 10.00. The van der Waals surface area contributed by atoms with Crippen LogP contribution >= 0.6 is 0 Å². The molecule has 1 fully saturated rings. The molecule has 0 bridgehead atoms. The van der Waals surface area contributed by atoms with Crippen LogP contribution in [0.25, 0.3) is 0 Å². The Morgan fingerprint density at radius 3 is 2.83 bits per heavy atom. The number of hydrogen-bond acceptors (Lipinski definition) is 3. The largest absolute Gasteiger partial charge is 0.302 e. The van der Waals surface area contributed by atoms with Gasteiger partial charge >= 0.3 is 0 Å². The van der Waals surface area contributed by atoms with Crippen molar-refractivity contribution in [3.63, 3.8) is 0 Å². The smallest absolute Gasteiger partial charge is 0.138 e. The summed E-state index contributed by atoms with van der Waals surface area (Å²) in [5.41, 5.74) is 0. The Bertz CT molecular complexity index is 262. The van der Waals surface area contributed by atoms with E-state index in [0.717, 1.165) is 25.5 Å². The van der Waals surface area contributed by atoms with Crippen molar-refractivity contribution in [2.75, 3.05) is 19.6 Å². The minimum atomic E-state index is 0.609. The Balaban J connectivity index is 2.01. The van der Waals surface area contributed by atoms with E-state index in [-0.39, 0.29) is 0 Å². The van der Waals surface area contributed by atoms with Crippen LogP contribution in [0, 0.1) is 0 Å². The number of hydrogen-bond donors (Lipinski definition) is 0. The number of likely N-dealkylation sites (tertiary alicyclic amines) is 1. The Morgan fingerprint density at radius 1 is 1.58 bits per heavy atom. The molecule has 12 heavy (non-hydrogen) atoms. The second kappa shape index (κ2) is 2.86. The van der Waals surface area contributed by atoms with Gasteiger partial charge in [0, 0.05) is 26.1 Å². The van der Waals surface area contributed by atoms with Gasteiger partial charge in [0.1, 0.15) is 12.2 Å². The van der Waals surface area contributed by atoms with Crippen molar-refractivity contribution >= 4 is 0 Å². The van der Waals surface area contributed by atoms with Gasteiger partial charge in [-0.2, -0.15) is 5.10 Å². The molecule has 0 saturated carbocycles. The summed E-state index contributed by atoms with van der Waals surface area (Å²) in [7, 11) is 1.96. The van der Waals surface area contributed by atoms with Crippen LogP contribution in [0.1, 0.15) is 18.7 Å². The lowest BCUT2D eigenvalue weighted by Crippen LogP contribution is -2.45. The number of rotatable bonds is 2. The highest BCUT2D eigenvalue weighted by molar-refractivity contribution is 5.03. The first-order valence-electron chi connectivity index (χ1n) is 4.37. The monoisotopic (exact) mass is 166 g/mol. The van der Waals surface area contributed by atoms with Crippen molar-refractivity contribution in [2.24, 2.45) is 7.05 Å². The van der Waals surface area contributed by atoms with Crippen LogP contribution < -0.4 is 0 Å². The van der Waals surface area contributed by atoms with Crippen molar-refractivity contribution in [1.82, 2.24) is 19.7 Å². The van der Waals surface area contributed by atoms with E-state index in [4.69, 9.17) is 0 Å². The standard InChI is InChI=1S/C8H14N4/c1-3-12-4-7(5-12)8-9-6-10-11(8)2/h6-7H,3-5H2,1-2H3. The van der Waals surface area contributed by atoms with Crippen LogP contribution in [0.5, 0.6) is 0 Å². The highest BCUT2D eigenvalue weighted by atomic mass is 15.3. The molecular weight excluding hydrogens is 152 g/mol. The van der Waals surface area contributed by atoms with Crippen molar-refractivity contribution in [2.45, 2.75) is 12.8 Å². The van der Waals surface area contributed by atoms with Gasteiger partial charge in [0.15, 0.2) is 0 Å². The maximum absolute atomic E-state index is 4.23. The highest BCUT2D eigenvalue weighted by Gasteiger charge is 2.29. The van der Waals surface area contributed by atoms with Crippen LogP contribution in [0.2, 0.25) is 0 Å². The number of likely N-dealkylation sites (N-methyl/N-ethyl adjacent to an activating group) is 1. The van der Waals surface area contributed by atoms with E-state index in [2.05, 4.69) is 21.9 Å². The summed E-state index contributed by atoms with van der Waals surface area (Å²) >= 11 is 0. The van der Waals surface area contributed by atoms with E-state index >= 15 is 0 Å². The average Bonchev–Trinajstić information content (AvgIpc) is 2.35. The van der Waals surface area contributed by atoms with E-state index in [0.29, 0.717) is 5.92 Å². The fourth-order valence-corrected chi connectivity index (χ4v) is 1.67. The molecule has 1 aromatic rings. The summed E-state index contributed by atoms with van der Waals surface area (Å²) in [5, 5.41) is 4.06. The normalized spacial score (nSPS) is 19.5. The molecule has 4 heteroatoms. The molecule has 1 saturated heterocycles. The molecule has 0 atom stereocenters. The predicted molar refractivity (Wildman–Crippen MR) is 45.9 cm³/mol. The predicted octanol–water partition coefficient (Wildman–Crippen LogP) is 0.234. The van der Waals surface area contributed by atoms with E-state index < -0.39 is 0 Å². The Labute approximate surface area is 72.2 Å². The van der Waals surface area contributed by atoms with Gasteiger partial charge in [-0.05, 0) is 6.54 Å². The van der Waals surface area contributed by atoms with Gasteiger partial charge < -0.3 is 4.90 Å². The zero-order valence-corrected chi connectivity index (χ0v) is 7.56. The molecule has 0 aromatic carbocycles. The zero-order chi connectivity index (χ0) is 8.55. The number of aryl methyl sites for hydroxylation is 1. The molecule has 1 aromatic heterocycles. The summed E-state index contributed by atoms with van der Waals surface area (Å²) in [4.78, 5) is 6.63. The SMILES string of the molecule is CCN1CC(c2ncnn2C)C1. The molecule has 4 nitrogen and oxygen atoms in total. The Kier molecular flexibility index (Phi) is 1.84. The number of aromatic nitrogens is 3. The third-order valence-corrected chi connectivity index (χ3v) is 2.52. The Hall–Kier alpha value is -0.900. The first kappa shape index (κ1) is 7.73. The number of nitrogens with zero attached hydrogens (tertiary/aromatic N) is 4.